The molecule has 0 aliphatic carbocycles. The topological polar surface area (TPSA) is 59.9 Å². The fourth-order valence-corrected chi connectivity index (χ4v) is 2.29. The molecule has 1 N–H and O–H groups in total. The molecule has 1 heterocycles. The summed E-state index contributed by atoms with van der Waals surface area (Å²) in [5, 5.41) is 4.08. The lowest BCUT2D eigenvalue weighted by Crippen LogP contribution is -2.19. The van der Waals surface area contributed by atoms with Gasteiger partial charge < -0.3 is 9.47 Å². The van der Waals surface area contributed by atoms with Gasteiger partial charge >= 0.3 is 0 Å². The van der Waals surface area contributed by atoms with E-state index in [4.69, 9.17) is 9.47 Å². The predicted octanol–water partition coefficient (Wildman–Crippen LogP) is 3.29. The van der Waals surface area contributed by atoms with Crippen molar-refractivity contribution in [3.05, 3.63) is 59.4 Å². The fraction of sp³-hybridized carbons (Fsp3) is 0.222. The number of fused-ring (bicyclic) bond motifs is 1. The van der Waals surface area contributed by atoms with Crippen LogP contribution in [0, 0.1) is 5.82 Å². The Hall–Kier alpha value is -2.89. The molecule has 0 saturated carbocycles. The molecule has 2 aromatic rings. The minimum Gasteiger partial charge on any atom is -0.454 e. The van der Waals surface area contributed by atoms with Crippen molar-refractivity contribution in [1.82, 2.24) is 5.43 Å². The number of aryl methyl sites for hydroxylation is 1. The van der Waals surface area contributed by atoms with Crippen LogP contribution < -0.4 is 14.9 Å². The van der Waals surface area contributed by atoms with Crippen molar-refractivity contribution in [2.75, 3.05) is 6.79 Å². The highest BCUT2D eigenvalue weighted by Crippen LogP contribution is 2.32. The highest BCUT2D eigenvalue weighted by atomic mass is 19.1. The van der Waals surface area contributed by atoms with Crippen LogP contribution in [0.15, 0.2) is 47.6 Å². The van der Waals surface area contributed by atoms with Gasteiger partial charge in [-0.2, -0.15) is 5.10 Å². The number of hydrazone groups is 1. The third-order valence-electron chi connectivity index (χ3n) is 3.67. The smallest absolute Gasteiger partial charge is 0.271 e. The van der Waals surface area contributed by atoms with Crippen LogP contribution in [0.3, 0.4) is 0 Å². The van der Waals surface area contributed by atoms with E-state index in [1.807, 2.05) is 25.1 Å². The summed E-state index contributed by atoms with van der Waals surface area (Å²) in [5.74, 6) is 0.773. The number of nitrogens with zero attached hydrogens (tertiary/aromatic N) is 1. The Morgan fingerprint density at radius 3 is 2.71 bits per heavy atom. The minimum atomic E-state index is -0.380. The summed E-state index contributed by atoms with van der Waals surface area (Å²) in [6.45, 7) is 2.10. The number of halogens is 1. The van der Waals surface area contributed by atoms with E-state index in [9.17, 15) is 9.18 Å². The Kier molecular flexibility index (Phi) is 4.74. The summed E-state index contributed by atoms with van der Waals surface area (Å²) in [7, 11) is 0. The highest BCUT2D eigenvalue weighted by Gasteiger charge is 2.13. The number of hydrogen-bond donors (Lipinski definition) is 1. The standard InChI is InChI=1S/C18H17FN2O3/c1-12(20-21-18(22)14-5-7-15(19)8-6-14)2-3-13-4-9-16-17(10-13)24-11-23-16/h4-10H,2-3,11H2,1H3,(H,21,22)/b20-12+. The van der Waals surface area contributed by atoms with Gasteiger partial charge in [-0.25, -0.2) is 9.82 Å². The number of rotatable bonds is 5. The van der Waals surface area contributed by atoms with Crippen molar-refractivity contribution in [3.8, 4) is 11.5 Å². The van der Waals surface area contributed by atoms with E-state index in [0.29, 0.717) is 12.0 Å². The molecule has 124 valence electrons. The molecule has 1 amide bonds. The largest absolute Gasteiger partial charge is 0.454 e. The number of carbonyl (C=O) groups excluding carboxylic acids is 1. The van der Waals surface area contributed by atoms with Gasteiger partial charge in [0.15, 0.2) is 11.5 Å². The van der Waals surface area contributed by atoms with Gasteiger partial charge in [0.2, 0.25) is 6.79 Å². The minimum absolute atomic E-state index is 0.259. The first-order valence-corrected chi connectivity index (χ1v) is 7.59. The lowest BCUT2D eigenvalue weighted by Gasteiger charge is -2.04. The van der Waals surface area contributed by atoms with Gasteiger partial charge in [-0.15, -0.1) is 0 Å². The summed E-state index contributed by atoms with van der Waals surface area (Å²) in [4.78, 5) is 11.9. The molecule has 3 rings (SSSR count). The van der Waals surface area contributed by atoms with E-state index >= 15 is 0 Å². The van der Waals surface area contributed by atoms with E-state index in [-0.39, 0.29) is 18.5 Å². The first-order chi connectivity index (χ1) is 11.6. The number of carbonyl (C=O) groups is 1. The molecule has 0 fully saturated rings. The van der Waals surface area contributed by atoms with Gasteiger partial charge in [0.25, 0.3) is 5.91 Å². The predicted molar refractivity (Wildman–Crippen MR) is 87.9 cm³/mol. The Balaban J connectivity index is 1.52. The highest BCUT2D eigenvalue weighted by molar-refractivity contribution is 5.95. The molecule has 0 atom stereocenters. The Labute approximate surface area is 139 Å². The first kappa shape index (κ1) is 16.0. The molecule has 1 aliphatic rings. The normalized spacial score (nSPS) is 13.0. The molecule has 0 saturated heterocycles. The van der Waals surface area contributed by atoms with Crippen molar-refractivity contribution in [2.24, 2.45) is 5.10 Å². The molecule has 24 heavy (non-hydrogen) atoms. The van der Waals surface area contributed by atoms with Crippen LogP contribution in [0.1, 0.15) is 29.3 Å². The summed E-state index contributed by atoms with van der Waals surface area (Å²) in [6.07, 6.45) is 1.47. The van der Waals surface area contributed by atoms with Gasteiger partial charge in [-0.1, -0.05) is 6.07 Å². The Bertz CT molecular complexity index is 772. The Morgan fingerprint density at radius 2 is 1.92 bits per heavy atom. The third kappa shape index (κ3) is 3.90. The molecular weight excluding hydrogens is 311 g/mol. The summed E-state index contributed by atoms with van der Waals surface area (Å²) < 4.78 is 23.5. The molecular formula is C18H17FN2O3. The van der Waals surface area contributed by atoms with Crippen LogP contribution in [0.25, 0.3) is 0 Å². The average Bonchev–Trinajstić information content (AvgIpc) is 3.06. The quantitative estimate of drug-likeness (QED) is 0.677. The van der Waals surface area contributed by atoms with E-state index < -0.39 is 0 Å². The van der Waals surface area contributed by atoms with Crippen molar-refractivity contribution < 1.29 is 18.7 Å². The number of benzene rings is 2. The molecule has 0 unspecified atom stereocenters. The van der Waals surface area contributed by atoms with Gasteiger partial charge in [0.1, 0.15) is 5.82 Å². The second-order valence-electron chi connectivity index (χ2n) is 5.48. The number of nitrogens with one attached hydrogen (secondary N) is 1. The molecule has 0 spiro atoms. The monoisotopic (exact) mass is 328 g/mol. The van der Waals surface area contributed by atoms with Gasteiger partial charge in [0, 0.05) is 11.3 Å². The van der Waals surface area contributed by atoms with Crippen LogP contribution in [0.5, 0.6) is 11.5 Å². The fourth-order valence-electron chi connectivity index (χ4n) is 2.29. The molecule has 0 bridgehead atoms. The van der Waals surface area contributed by atoms with Crippen molar-refractivity contribution in [1.29, 1.82) is 0 Å². The maximum absolute atomic E-state index is 12.8. The molecule has 2 aromatic carbocycles. The Morgan fingerprint density at radius 1 is 1.17 bits per heavy atom. The van der Waals surface area contributed by atoms with E-state index in [1.54, 1.807) is 0 Å². The van der Waals surface area contributed by atoms with Crippen LogP contribution in [0.2, 0.25) is 0 Å². The number of ether oxygens (including phenoxy) is 2. The summed E-state index contributed by atoms with van der Waals surface area (Å²) in [5.41, 5.74) is 4.75. The first-order valence-electron chi connectivity index (χ1n) is 7.59. The third-order valence-corrected chi connectivity index (χ3v) is 3.67. The maximum Gasteiger partial charge on any atom is 0.271 e. The average molecular weight is 328 g/mol. The van der Waals surface area contributed by atoms with Crippen LogP contribution in [0.4, 0.5) is 4.39 Å². The summed E-state index contributed by atoms with van der Waals surface area (Å²) in [6, 6.07) is 11.1. The van der Waals surface area contributed by atoms with Crippen LogP contribution in [-0.2, 0) is 6.42 Å². The zero-order valence-electron chi connectivity index (χ0n) is 13.2. The molecule has 1 aliphatic heterocycles. The molecule has 6 heteroatoms. The van der Waals surface area contributed by atoms with E-state index in [0.717, 1.165) is 29.2 Å². The van der Waals surface area contributed by atoms with Gasteiger partial charge in [0.05, 0.1) is 0 Å². The molecule has 5 nitrogen and oxygen atoms in total. The van der Waals surface area contributed by atoms with Crippen LogP contribution in [-0.4, -0.2) is 18.4 Å². The second-order valence-corrected chi connectivity index (χ2v) is 5.48. The van der Waals surface area contributed by atoms with E-state index in [2.05, 4.69) is 10.5 Å². The van der Waals surface area contributed by atoms with Gasteiger partial charge in [-0.05, 0) is 61.7 Å². The molecule has 0 radical (unpaired) electrons. The lowest BCUT2D eigenvalue weighted by atomic mass is 10.1. The zero-order chi connectivity index (χ0) is 16.9. The van der Waals surface area contributed by atoms with Crippen molar-refractivity contribution in [3.63, 3.8) is 0 Å². The van der Waals surface area contributed by atoms with Crippen LogP contribution >= 0.6 is 0 Å². The maximum atomic E-state index is 12.8. The number of amides is 1. The molecule has 0 aromatic heterocycles. The zero-order valence-corrected chi connectivity index (χ0v) is 13.2. The summed E-state index contributed by atoms with van der Waals surface area (Å²) >= 11 is 0. The van der Waals surface area contributed by atoms with Crippen molar-refractivity contribution >= 4 is 11.6 Å². The number of hydrogen-bond acceptors (Lipinski definition) is 4. The second kappa shape index (κ2) is 7.12. The van der Waals surface area contributed by atoms with Crippen molar-refractivity contribution in [2.45, 2.75) is 19.8 Å². The SMILES string of the molecule is C/C(CCc1ccc2c(c1)OCO2)=N\NC(=O)c1ccc(F)cc1. The lowest BCUT2D eigenvalue weighted by molar-refractivity contribution is 0.0954. The van der Waals surface area contributed by atoms with Gasteiger partial charge in [-0.3, -0.25) is 4.79 Å². The van der Waals surface area contributed by atoms with E-state index in [1.165, 1.54) is 24.3 Å².